The van der Waals surface area contributed by atoms with Crippen LogP contribution in [0.1, 0.15) is 37.7 Å². The van der Waals surface area contributed by atoms with Gasteiger partial charge in [-0.2, -0.15) is 0 Å². The molecule has 1 fully saturated rings. The van der Waals surface area contributed by atoms with Crippen LogP contribution in [0.15, 0.2) is 30.3 Å². The maximum atomic E-state index is 12.0. The molecule has 3 nitrogen and oxygen atoms in total. The molecule has 0 radical (unpaired) electrons. The molecule has 1 aromatic carbocycles. The Bertz CT molecular complexity index is 383. The van der Waals surface area contributed by atoms with Gasteiger partial charge in [0.1, 0.15) is 0 Å². The fraction of sp³-hybridized carbons (Fsp3) is 0.533. The summed E-state index contributed by atoms with van der Waals surface area (Å²) in [6, 6.07) is 10.3. The van der Waals surface area contributed by atoms with Gasteiger partial charge in [0.2, 0.25) is 5.91 Å². The highest BCUT2D eigenvalue weighted by atomic mass is 16.2. The molecular formula is C15H22N2O. The summed E-state index contributed by atoms with van der Waals surface area (Å²) in [5, 5.41) is 0. The summed E-state index contributed by atoms with van der Waals surface area (Å²) >= 11 is 0. The van der Waals surface area contributed by atoms with Gasteiger partial charge in [0, 0.05) is 13.1 Å². The standard InChI is InChI=1S/C15H22N2O/c1-2-14(16)15(18)17-10-8-13(9-11-17)12-6-4-3-5-7-12/h3-7,13-14H,2,8-11,16H2,1H3. The van der Waals surface area contributed by atoms with E-state index in [1.807, 2.05) is 17.9 Å². The van der Waals surface area contributed by atoms with Crippen molar-refractivity contribution in [3.63, 3.8) is 0 Å². The van der Waals surface area contributed by atoms with Gasteiger partial charge in [0.15, 0.2) is 0 Å². The van der Waals surface area contributed by atoms with E-state index in [2.05, 4.69) is 24.3 Å². The molecule has 1 atom stereocenters. The number of carbonyl (C=O) groups is 1. The average Bonchev–Trinajstić information content (AvgIpc) is 2.47. The third-order valence-corrected chi connectivity index (χ3v) is 3.83. The molecule has 0 spiro atoms. The molecule has 1 aliphatic heterocycles. The lowest BCUT2D eigenvalue weighted by molar-refractivity contribution is -0.133. The smallest absolute Gasteiger partial charge is 0.239 e. The number of piperidine rings is 1. The molecule has 1 aliphatic rings. The highest BCUT2D eigenvalue weighted by Crippen LogP contribution is 2.27. The van der Waals surface area contributed by atoms with Crippen molar-refractivity contribution in [2.24, 2.45) is 5.73 Å². The van der Waals surface area contributed by atoms with Crippen molar-refractivity contribution in [2.45, 2.75) is 38.1 Å². The Morgan fingerprint density at radius 3 is 2.50 bits per heavy atom. The van der Waals surface area contributed by atoms with Crippen LogP contribution in [0.3, 0.4) is 0 Å². The van der Waals surface area contributed by atoms with E-state index >= 15 is 0 Å². The number of rotatable bonds is 3. The molecule has 0 aliphatic carbocycles. The molecule has 1 saturated heterocycles. The number of hydrogen-bond donors (Lipinski definition) is 1. The zero-order valence-electron chi connectivity index (χ0n) is 11.0. The normalized spacial score (nSPS) is 18.7. The summed E-state index contributed by atoms with van der Waals surface area (Å²) in [5.41, 5.74) is 7.19. The second-order valence-electron chi connectivity index (χ2n) is 5.02. The topological polar surface area (TPSA) is 46.3 Å². The Morgan fingerprint density at radius 2 is 1.94 bits per heavy atom. The number of benzene rings is 1. The van der Waals surface area contributed by atoms with Crippen molar-refractivity contribution in [1.82, 2.24) is 4.90 Å². The summed E-state index contributed by atoms with van der Waals surface area (Å²) < 4.78 is 0. The molecule has 1 heterocycles. The zero-order valence-corrected chi connectivity index (χ0v) is 11.0. The second-order valence-corrected chi connectivity index (χ2v) is 5.02. The number of nitrogens with two attached hydrogens (primary N) is 1. The highest BCUT2D eigenvalue weighted by molar-refractivity contribution is 5.81. The predicted octanol–water partition coefficient (Wildman–Crippen LogP) is 2.13. The monoisotopic (exact) mass is 246 g/mol. The van der Waals surface area contributed by atoms with Crippen molar-refractivity contribution in [3.05, 3.63) is 35.9 Å². The number of carbonyl (C=O) groups excluding carboxylic acids is 1. The summed E-state index contributed by atoms with van der Waals surface area (Å²) in [7, 11) is 0. The molecule has 18 heavy (non-hydrogen) atoms. The second kappa shape index (κ2) is 6.01. The van der Waals surface area contributed by atoms with Gasteiger partial charge in [-0.15, -0.1) is 0 Å². The first-order valence-electron chi connectivity index (χ1n) is 6.81. The minimum absolute atomic E-state index is 0.115. The third kappa shape index (κ3) is 2.91. The van der Waals surface area contributed by atoms with Crippen LogP contribution in [0.2, 0.25) is 0 Å². The lowest BCUT2D eigenvalue weighted by atomic mass is 9.89. The predicted molar refractivity (Wildman–Crippen MR) is 73.3 cm³/mol. The van der Waals surface area contributed by atoms with Crippen LogP contribution in [-0.2, 0) is 4.79 Å². The van der Waals surface area contributed by atoms with Gasteiger partial charge < -0.3 is 10.6 Å². The molecular weight excluding hydrogens is 224 g/mol. The fourth-order valence-electron chi connectivity index (χ4n) is 2.57. The number of amides is 1. The lowest BCUT2D eigenvalue weighted by Crippen LogP contribution is -2.46. The van der Waals surface area contributed by atoms with Crippen molar-refractivity contribution < 1.29 is 4.79 Å². The molecule has 0 aromatic heterocycles. The molecule has 1 aromatic rings. The van der Waals surface area contributed by atoms with Gasteiger partial charge in [0.25, 0.3) is 0 Å². The van der Waals surface area contributed by atoms with Gasteiger partial charge >= 0.3 is 0 Å². The number of likely N-dealkylation sites (tertiary alicyclic amines) is 1. The summed E-state index contributed by atoms with van der Waals surface area (Å²) in [6.07, 6.45) is 2.82. The van der Waals surface area contributed by atoms with Gasteiger partial charge in [-0.25, -0.2) is 0 Å². The van der Waals surface area contributed by atoms with Gasteiger partial charge in [-0.3, -0.25) is 4.79 Å². The maximum absolute atomic E-state index is 12.0. The van der Waals surface area contributed by atoms with E-state index in [0.717, 1.165) is 32.4 Å². The van der Waals surface area contributed by atoms with Crippen LogP contribution < -0.4 is 5.73 Å². The Hall–Kier alpha value is -1.35. The quantitative estimate of drug-likeness (QED) is 0.888. The van der Waals surface area contributed by atoms with E-state index < -0.39 is 0 Å². The zero-order chi connectivity index (χ0) is 13.0. The summed E-state index contributed by atoms with van der Waals surface area (Å²) in [6.45, 7) is 3.64. The van der Waals surface area contributed by atoms with Crippen LogP contribution >= 0.6 is 0 Å². The van der Waals surface area contributed by atoms with Gasteiger partial charge in [-0.1, -0.05) is 37.3 Å². The average molecular weight is 246 g/mol. The molecule has 3 heteroatoms. The third-order valence-electron chi connectivity index (χ3n) is 3.83. The molecule has 1 amide bonds. The van der Waals surface area contributed by atoms with Crippen molar-refractivity contribution in [2.75, 3.05) is 13.1 Å². The van der Waals surface area contributed by atoms with E-state index in [4.69, 9.17) is 5.73 Å². The van der Waals surface area contributed by atoms with E-state index in [1.54, 1.807) is 0 Å². The molecule has 0 bridgehead atoms. The minimum atomic E-state index is -0.321. The molecule has 1 unspecified atom stereocenters. The highest BCUT2D eigenvalue weighted by Gasteiger charge is 2.25. The SMILES string of the molecule is CCC(N)C(=O)N1CCC(c2ccccc2)CC1. The van der Waals surface area contributed by atoms with E-state index in [0.29, 0.717) is 5.92 Å². The van der Waals surface area contributed by atoms with Crippen molar-refractivity contribution >= 4 is 5.91 Å². The molecule has 98 valence electrons. The van der Waals surface area contributed by atoms with E-state index in [9.17, 15) is 4.79 Å². The summed E-state index contributed by atoms with van der Waals surface area (Å²) in [4.78, 5) is 13.9. The van der Waals surface area contributed by atoms with Crippen molar-refractivity contribution in [1.29, 1.82) is 0 Å². The molecule has 0 saturated carbocycles. The Morgan fingerprint density at radius 1 is 1.33 bits per heavy atom. The Balaban J connectivity index is 1.90. The van der Waals surface area contributed by atoms with Crippen LogP contribution in [0.4, 0.5) is 0 Å². The summed E-state index contributed by atoms with van der Waals surface area (Å²) in [5.74, 6) is 0.706. The molecule has 2 rings (SSSR count). The van der Waals surface area contributed by atoms with Crippen LogP contribution in [0, 0.1) is 0 Å². The van der Waals surface area contributed by atoms with Crippen LogP contribution in [0.25, 0.3) is 0 Å². The lowest BCUT2D eigenvalue weighted by Gasteiger charge is -2.33. The first kappa shape index (κ1) is 13.1. The first-order valence-corrected chi connectivity index (χ1v) is 6.81. The minimum Gasteiger partial charge on any atom is -0.341 e. The largest absolute Gasteiger partial charge is 0.341 e. The fourth-order valence-corrected chi connectivity index (χ4v) is 2.57. The van der Waals surface area contributed by atoms with Crippen LogP contribution in [0.5, 0.6) is 0 Å². The Labute approximate surface area is 109 Å². The maximum Gasteiger partial charge on any atom is 0.239 e. The van der Waals surface area contributed by atoms with Gasteiger partial charge in [-0.05, 0) is 30.7 Å². The first-order chi connectivity index (χ1) is 8.72. The van der Waals surface area contributed by atoms with Gasteiger partial charge in [0.05, 0.1) is 6.04 Å². The number of hydrogen-bond acceptors (Lipinski definition) is 2. The Kier molecular flexibility index (Phi) is 4.37. The molecule has 2 N–H and O–H groups in total. The van der Waals surface area contributed by atoms with E-state index in [-0.39, 0.29) is 11.9 Å². The number of nitrogens with zero attached hydrogens (tertiary/aromatic N) is 1. The van der Waals surface area contributed by atoms with Crippen molar-refractivity contribution in [3.8, 4) is 0 Å². The van der Waals surface area contributed by atoms with Crippen LogP contribution in [-0.4, -0.2) is 29.9 Å². The van der Waals surface area contributed by atoms with E-state index in [1.165, 1.54) is 5.56 Å².